The summed E-state index contributed by atoms with van der Waals surface area (Å²) < 4.78 is 5.19. The van der Waals surface area contributed by atoms with Gasteiger partial charge in [-0.05, 0) is 49.7 Å². The predicted molar refractivity (Wildman–Crippen MR) is 118 cm³/mol. The number of nitrogens with zero attached hydrogens (tertiary/aromatic N) is 1. The molecule has 1 atom stereocenters. The number of benzene rings is 2. The number of halogens is 2. The summed E-state index contributed by atoms with van der Waals surface area (Å²) in [6.07, 6.45) is 0. The lowest BCUT2D eigenvalue weighted by Gasteiger charge is -2.18. The van der Waals surface area contributed by atoms with E-state index in [1.165, 1.54) is 0 Å². The zero-order valence-electron chi connectivity index (χ0n) is 15.1. The highest BCUT2D eigenvalue weighted by atomic mass is 127. The third kappa shape index (κ3) is 6.57. The Balaban J connectivity index is 0.00000338. The monoisotopic (exact) mass is 489 g/mol. The zero-order valence-corrected chi connectivity index (χ0v) is 18.2. The maximum Gasteiger partial charge on any atom is 0.192 e. The third-order valence-corrected chi connectivity index (χ3v) is 4.01. The van der Waals surface area contributed by atoms with Crippen molar-refractivity contribution in [3.8, 4) is 11.5 Å². The predicted octanol–water partition coefficient (Wildman–Crippen LogP) is 4.49. The van der Waals surface area contributed by atoms with E-state index < -0.39 is 0 Å². The second kappa shape index (κ2) is 11.1. The Labute approximate surface area is 176 Å². The molecular weight excluding hydrogens is 465 g/mol. The molecule has 1 unspecified atom stereocenters. The summed E-state index contributed by atoms with van der Waals surface area (Å²) in [4.78, 5) is 4.56. The van der Waals surface area contributed by atoms with Crippen LogP contribution < -0.4 is 15.4 Å². The highest BCUT2D eigenvalue weighted by Gasteiger charge is 2.09. The first kappa shape index (κ1) is 22.4. The van der Waals surface area contributed by atoms with Gasteiger partial charge in [0.25, 0.3) is 0 Å². The molecule has 2 rings (SSSR count). The van der Waals surface area contributed by atoms with Crippen LogP contribution in [0.4, 0.5) is 0 Å². The average molecular weight is 490 g/mol. The van der Waals surface area contributed by atoms with Gasteiger partial charge in [0.15, 0.2) is 5.96 Å². The van der Waals surface area contributed by atoms with Gasteiger partial charge >= 0.3 is 0 Å². The van der Waals surface area contributed by atoms with E-state index in [0.29, 0.717) is 28.8 Å². The Kier molecular flexibility index (Phi) is 9.58. The summed E-state index contributed by atoms with van der Waals surface area (Å²) in [6.45, 7) is 5.14. The van der Waals surface area contributed by atoms with E-state index in [-0.39, 0.29) is 35.8 Å². The number of aromatic hydroxyl groups is 1. The number of ether oxygens (including phenoxy) is 1. The maximum atomic E-state index is 9.98. The maximum absolute atomic E-state index is 9.98. The van der Waals surface area contributed by atoms with Gasteiger partial charge in [0.2, 0.25) is 0 Å². The van der Waals surface area contributed by atoms with Gasteiger partial charge in [0.1, 0.15) is 11.5 Å². The number of hydrogen-bond donors (Lipinski definition) is 3. The van der Waals surface area contributed by atoms with Crippen molar-refractivity contribution in [1.29, 1.82) is 0 Å². The minimum atomic E-state index is 0. The highest BCUT2D eigenvalue weighted by Crippen LogP contribution is 2.23. The molecule has 0 fully saturated rings. The molecule has 0 saturated heterocycles. The van der Waals surface area contributed by atoms with Gasteiger partial charge in [-0.15, -0.1) is 24.0 Å². The average Bonchev–Trinajstić information content (AvgIpc) is 2.61. The topological polar surface area (TPSA) is 65.9 Å². The number of aliphatic imine (C=N–C) groups is 1. The third-order valence-electron chi connectivity index (χ3n) is 3.76. The van der Waals surface area contributed by atoms with Crippen molar-refractivity contribution in [3.63, 3.8) is 0 Å². The molecule has 0 aliphatic heterocycles. The van der Waals surface area contributed by atoms with E-state index in [0.717, 1.165) is 12.1 Å². The van der Waals surface area contributed by atoms with Crippen LogP contribution in [0.25, 0.3) is 0 Å². The number of hydrogen-bond acceptors (Lipinski definition) is 3. The first-order valence-corrected chi connectivity index (χ1v) is 8.57. The number of methoxy groups -OCH3 is 1. The molecule has 0 aliphatic carbocycles. The fraction of sp³-hybridized carbons (Fsp3) is 0.316. The molecule has 0 saturated carbocycles. The summed E-state index contributed by atoms with van der Waals surface area (Å²) in [7, 11) is 1.60. The summed E-state index contributed by atoms with van der Waals surface area (Å²) in [5.41, 5.74) is 1.81. The Bertz CT molecular complexity index is 723. The smallest absolute Gasteiger partial charge is 0.192 e. The van der Waals surface area contributed by atoms with Crippen LogP contribution in [-0.4, -0.2) is 24.7 Å². The molecule has 0 aromatic heterocycles. The molecule has 3 N–H and O–H groups in total. The molecule has 2 aromatic carbocycles. The largest absolute Gasteiger partial charge is 0.508 e. The van der Waals surface area contributed by atoms with Crippen molar-refractivity contribution < 1.29 is 9.84 Å². The van der Waals surface area contributed by atoms with Crippen molar-refractivity contribution in [2.45, 2.75) is 26.4 Å². The number of phenols is 1. The van der Waals surface area contributed by atoms with Crippen molar-refractivity contribution in [2.24, 2.45) is 4.99 Å². The molecule has 142 valence electrons. The van der Waals surface area contributed by atoms with Crippen molar-refractivity contribution in [2.75, 3.05) is 13.7 Å². The van der Waals surface area contributed by atoms with Crippen LogP contribution in [0.5, 0.6) is 11.5 Å². The number of rotatable bonds is 6. The van der Waals surface area contributed by atoms with E-state index in [2.05, 4.69) is 22.5 Å². The van der Waals surface area contributed by atoms with E-state index in [4.69, 9.17) is 16.3 Å². The van der Waals surface area contributed by atoms with Crippen LogP contribution in [0.3, 0.4) is 0 Å². The van der Waals surface area contributed by atoms with Gasteiger partial charge in [-0.25, -0.2) is 4.99 Å². The SMILES string of the molecule is CCNC(=NCc1cc(OC)ccc1O)NC(C)c1ccc(Cl)cc1.I. The van der Waals surface area contributed by atoms with E-state index in [1.54, 1.807) is 25.3 Å². The lowest BCUT2D eigenvalue weighted by molar-refractivity contribution is 0.411. The zero-order chi connectivity index (χ0) is 18.2. The molecule has 7 heteroatoms. The van der Waals surface area contributed by atoms with Crippen molar-refractivity contribution in [3.05, 3.63) is 58.6 Å². The van der Waals surface area contributed by atoms with Crippen LogP contribution in [-0.2, 0) is 6.54 Å². The number of phenolic OH excluding ortho intramolecular Hbond substituents is 1. The Hall–Kier alpha value is -1.67. The molecule has 0 heterocycles. The van der Waals surface area contributed by atoms with Crippen molar-refractivity contribution in [1.82, 2.24) is 10.6 Å². The van der Waals surface area contributed by atoms with Crippen LogP contribution in [0, 0.1) is 0 Å². The van der Waals surface area contributed by atoms with Gasteiger partial charge < -0.3 is 20.5 Å². The second-order valence-corrected chi connectivity index (χ2v) is 6.04. The quantitative estimate of drug-likeness (QED) is 0.318. The Morgan fingerprint density at radius 2 is 1.92 bits per heavy atom. The van der Waals surface area contributed by atoms with Crippen molar-refractivity contribution >= 4 is 41.5 Å². The van der Waals surface area contributed by atoms with E-state index >= 15 is 0 Å². The van der Waals surface area contributed by atoms with Crippen LogP contribution in [0.2, 0.25) is 5.02 Å². The van der Waals surface area contributed by atoms with Gasteiger partial charge in [0.05, 0.1) is 19.7 Å². The fourth-order valence-electron chi connectivity index (χ4n) is 2.34. The van der Waals surface area contributed by atoms with Gasteiger partial charge in [0, 0.05) is 17.1 Å². The molecule has 0 spiro atoms. The summed E-state index contributed by atoms with van der Waals surface area (Å²) >= 11 is 5.94. The van der Waals surface area contributed by atoms with Gasteiger partial charge in [-0.2, -0.15) is 0 Å². The highest BCUT2D eigenvalue weighted by molar-refractivity contribution is 14.0. The molecule has 26 heavy (non-hydrogen) atoms. The normalized spacial score (nSPS) is 12.1. The minimum Gasteiger partial charge on any atom is -0.508 e. The molecule has 0 aliphatic rings. The van der Waals surface area contributed by atoms with Crippen LogP contribution in [0.1, 0.15) is 31.0 Å². The fourth-order valence-corrected chi connectivity index (χ4v) is 2.47. The Morgan fingerprint density at radius 3 is 2.54 bits per heavy atom. The molecule has 5 nitrogen and oxygen atoms in total. The second-order valence-electron chi connectivity index (χ2n) is 5.61. The standard InChI is InChI=1S/C19H24ClN3O2.HI/c1-4-21-19(23-13(2)14-5-7-16(20)8-6-14)22-12-15-11-17(25-3)9-10-18(15)24;/h5-11,13,24H,4,12H2,1-3H3,(H2,21,22,23);1H. The number of guanidine groups is 1. The van der Waals surface area contributed by atoms with Crippen LogP contribution in [0.15, 0.2) is 47.5 Å². The van der Waals surface area contributed by atoms with E-state index in [1.807, 2.05) is 31.2 Å². The summed E-state index contributed by atoms with van der Waals surface area (Å²) in [5.74, 6) is 1.56. The minimum absolute atomic E-state index is 0. The molecule has 0 amide bonds. The molecular formula is C19H25ClIN3O2. The number of nitrogens with one attached hydrogen (secondary N) is 2. The van der Waals surface area contributed by atoms with Gasteiger partial charge in [-0.3, -0.25) is 0 Å². The summed E-state index contributed by atoms with van der Waals surface area (Å²) in [6, 6.07) is 12.9. The molecule has 0 bridgehead atoms. The summed E-state index contributed by atoms with van der Waals surface area (Å²) in [5, 5.41) is 17.3. The first-order valence-electron chi connectivity index (χ1n) is 8.19. The van der Waals surface area contributed by atoms with E-state index in [9.17, 15) is 5.11 Å². The van der Waals surface area contributed by atoms with Gasteiger partial charge in [-0.1, -0.05) is 23.7 Å². The lowest BCUT2D eigenvalue weighted by Crippen LogP contribution is -2.38. The first-order chi connectivity index (χ1) is 12.0. The molecule has 2 aromatic rings. The molecule has 0 radical (unpaired) electrons. The Morgan fingerprint density at radius 1 is 1.23 bits per heavy atom. The lowest BCUT2D eigenvalue weighted by atomic mass is 10.1. The van der Waals surface area contributed by atoms with Crippen LogP contribution >= 0.6 is 35.6 Å².